The summed E-state index contributed by atoms with van der Waals surface area (Å²) in [5.74, 6) is 0.810. The Morgan fingerprint density at radius 3 is 3.09 bits per heavy atom. The van der Waals surface area contributed by atoms with Gasteiger partial charge in [-0.15, -0.1) is 0 Å². The van der Waals surface area contributed by atoms with Crippen LogP contribution in [-0.2, 0) is 13.1 Å². The molecule has 2 heterocycles. The fourth-order valence-corrected chi connectivity index (χ4v) is 1.41. The van der Waals surface area contributed by atoms with Crippen LogP contribution in [0.25, 0.3) is 0 Å². The first-order chi connectivity index (χ1) is 5.31. The van der Waals surface area contributed by atoms with Crippen molar-refractivity contribution in [2.45, 2.75) is 13.1 Å². The van der Waals surface area contributed by atoms with E-state index < -0.39 is 0 Å². The molecule has 0 saturated heterocycles. The third-order valence-electron chi connectivity index (χ3n) is 1.94. The van der Waals surface area contributed by atoms with Crippen molar-refractivity contribution in [3.05, 3.63) is 11.3 Å². The van der Waals surface area contributed by atoms with Crippen LogP contribution >= 0.6 is 0 Å². The fraction of sp³-hybridized carbons (Fsp3) is 0.571. The van der Waals surface area contributed by atoms with Gasteiger partial charge in [0.15, 0.2) is 0 Å². The lowest BCUT2D eigenvalue weighted by Crippen LogP contribution is -2.08. The maximum absolute atomic E-state index is 5.05. The van der Waals surface area contributed by atoms with Gasteiger partial charge in [0.2, 0.25) is 5.88 Å². The summed E-state index contributed by atoms with van der Waals surface area (Å²) < 4.78 is 5.05. The molecule has 0 saturated carbocycles. The minimum absolute atomic E-state index is 0.810. The van der Waals surface area contributed by atoms with E-state index in [9.17, 15) is 0 Å². The maximum Gasteiger partial charge on any atom is 0.229 e. The minimum atomic E-state index is 0.810. The first kappa shape index (κ1) is 6.67. The number of hydrogen-bond acceptors (Lipinski definition) is 4. The molecular formula is C7H11N3O. The van der Waals surface area contributed by atoms with Crippen molar-refractivity contribution in [3.63, 3.8) is 0 Å². The Kier molecular flexibility index (Phi) is 1.35. The van der Waals surface area contributed by atoms with Crippen molar-refractivity contribution >= 4 is 5.88 Å². The Labute approximate surface area is 65.2 Å². The third-order valence-corrected chi connectivity index (χ3v) is 1.94. The molecule has 1 aliphatic rings. The molecule has 1 aromatic rings. The molecule has 2 rings (SSSR count). The lowest BCUT2D eigenvalue weighted by Gasteiger charge is -2.04. The number of fused-ring (bicyclic) bond motifs is 1. The molecule has 0 spiro atoms. The van der Waals surface area contributed by atoms with Gasteiger partial charge in [-0.1, -0.05) is 5.16 Å². The standard InChI is InChI=1S/C7H11N3O/c1-8-7-5-3-10(2)4-6(5)9-11-7/h8H,3-4H2,1-2H3. The molecule has 0 aliphatic carbocycles. The lowest BCUT2D eigenvalue weighted by molar-refractivity contribution is 0.326. The molecule has 0 radical (unpaired) electrons. The van der Waals surface area contributed by atoms with Crippen molar-refractivity contribution in [2.24, 2.45) is 0 Å². The molecule has 0 amide bonds. The smallest absolute Gasteiger partial charge is 0.229 e. The summed E-state index contributed by atoms with van der Waals surface area (Å²) >= 11 is 0. The molecule has 0 aromatic carbocycles. The molecule has 1 N–H and O–H groups in total. The first-order valence-corrected chi connectivity index (χ1v) is 3.65. The van der Waals surface area contributed by atoms with E-state index in [-0.39, 0.29) is 0 Å². The summed E-state index contributed by atoms with van der Waals surface area (Å²) in [7, 11) is 3.92. The van der Waals surface area contributed by atoms with Crippen molar-refractivity contribution < 1.29 is 4.52 Å². The Balaban J connectivity index is 2.37. The van der Waals surface area contributed by atoms with Crippen LogP contribution in [0.5, 0.6) is 0 Å². The second-order valence-electron chi connectivity index (χ2n) is 2.86. The van der Waals surface area contributed by atoms with Crippen LogP contribution in [0.2, 0.25) is 0 Å². The lowest BCUT2D eigenvalue weighted by atomic mass is 10.3. The van der Waals surface area contributed by atoms with Crippen LogP contribution in [0.3, 0.4) is 0 Å². The molecule has 0 atom stereocenters. The topological polar surface area (TPSA) is 41.3 Å². The highest BCUT2D eigenvalue weighted by Gasteiger charge is 2.23. The third kappa shape index (κ3) is 0.903. The number of anilines is 1. The van der Waals surface area contributed by atoms with Gasteiger partial charge in [0.1, 0.15) is 5.69 Å². The van der Waals surface area contributed by atoms with Gasteiger partial charge >= 0.3 is 0 Å². The minimum Gasteiger partial charge on any atom is -0.357 e. The molecule has 0 fully saturated rings. The van der Waals surface area contributed by atoms with E-state index in [0.29, 0.717) is 0 Å². The van der Waals surface area contributed by atoms with E-state index in [1.54, 1.807) is 0 Å². The molecule has 60 valence electrons. The fourth-order valence-electron chi connectivity index (χ4n) is 1.41. The molecule has 4 heteroatoms. The predicted molar refractivity (Wildman–Crippen MR) is 41.2 cm³/mol. The first-order valence-electron chi connectivity index (χ1n) is 3.65. The number of hydrogen-bond donors (Lipinski definition) is 1. The largest absolute Gasteiger partial charge is 0.357 e. The quantitative estimate of drug-likeness (QED) is 0.643. The second-order valence-corrected chi connectivity index (χ2v) is 2.86. The molecule has 0 bridgehead atoms. The molecule has 4 nitrogen and oxygen atoms in total. The van der Waals surface area contributed by atoms with Crippen molar-refractivity contribution in [3.8, 4) is 0 Å². The number of nitrogens with one attached hydrogen (secondary N) is 1. The van der Waals surface area contributed by atoms with Crippen LogP contribution in [0.4, 0.5) is 5.88 Å². The van der Waals surface area contributed by atoms with E-state index >= 15 is 0 Å². The second kappa shape index (κ2) is 2.23. The van der Waals surface area contributed by atoms with Crippen molar-refractivity contribution in [2.75, 3.05) is 19.4 Å². The monoisotopic (exact) mass is 153 g/mol. The highest BCUT2D eigenvalue weighted by atomic mass is 16.5. The zero-order valence-electron chi connectivity index (χ0n) is 6.72. The summed E-state index contributed by atoms with van der Waals surface area (Å²) in [4.78, 5) is 2.20. The van der Waals surface area contributed by atoms with E-state index in [0.717, 1.165) is 24.7 Å². The van der Waals surface area contributed by atoms with Gasteiger partial charge < -0.3 is 9.84 Å². The normalized spacial score (nSPS) is 16.9. The van der Waals surface area contributed by atoms with Gasteiger partial charge in [0.25, 0.3) is 0 Å². The average Bonchev–Trinajstić information content (AvgIpc) is 2.45. The summed E-state index contributed by atoms with van der Waals surface area (Å²) in [5, 5.41) is 6.91. The summed E-state index contributed by atoms with van der Waals surface area (Å²) in [6, 6.07) is 0. The predicted octanol–water partition coefficient (Wildman–Crippen LogP) is 0.662. The molecule has 0 unspecified atom stereocenters. The summed E-state index contributed by atoms with van der Waals surface area (Å²) in [6.07, 6.45) is 0. The average molecular weight is 153 g/mol. The zero-order chi connectivity index (χ0) is 7.84. The highest BCUT2D eigenvalue weighted by Crippen LogP contribution is 2.27. The SMILES string of the molecule is CNc1onc2c1CN(C)C2. The number of aromatic nitrogens is 1. The van der Waals surface area contributed by atoms with Crippen LogP contribution in [-0.4, -0.2) is 24.2 Å². The molecule has 1 aliphatic heterocycles. The Bertz CT molecular complexity index is 269. The van der Waals surface area contributed by atoms with Gasteiger partial charge in [0, 0.05) is 20.1 Å². The van der Waals surface area contributed by atoms with Crippen LogP contribution in [0.15, 0.2) is 4.52 Å². The van der Waals surface area contributed by atoms with Gasteiger partial charge in [-0.2, -0.15) is 0 Å². The van der Waals surface area contributed by atoms with Crippen LogP contribution in [0.1, 0.15) is 11.3 Å². The summed E-state index contributed by atoms with van der Waals surface area (Å²) in [6.45, 7) is 1.84. The van der Waals surface area contributed by atoms with Gasteiger partial charge in [-0.25, -0.2) is 0 Å². The van der Waals surface area contributed by atoms with Crippen LogP contribution < -0.4 is 5.32 Å². The zero-order valence-corrected chi connectivity index (χ0v) is 6.72. The van der Waals surface area contributed by atoms with E-state index in [1.807, 2.05) is 7.05 Å². The Morgan fingerprint density at radius 2 is 2.36 bits per heavy atom. The Hall–Kier alpha value is -1.03. The van der Waals surface area contributed by atoms with Gasteiger partial charge in [-0.3, -0.25) is 4.90 Å². The van der Waals surface area contributed by atoms with Gasteiger partial charge in [-0.05, 0) is 7.05 Å². The van der Waals surface area contributed by atoms with E-state index in [1.165, 1.54) is 5.56 Å². The molecule has 11 heavy (non-hydrogen) atoms. The number of rotatable bonds is 1. The molecule has 1 aromatic heterocycles. The van der Waals surface area contributed by atoms with Crippen molar-refractivity contribution in [1.29, 1.82) is 0 Å². The summed E-state index contributed by atoms with van der Waals surface area (Å²) in [5.41, 5.74) is 2.27. The van der Waals surface area contributed by atoms with Gasteiger partial charge in [0.05, 0.1) is 5.56 Å². The Morgan fingerprint density at radius 1 is 1.55 bits per heavy atom. The van der Waals surface area contributed by atoms with Crippen molar-refractivity contribution in [1.82, 2.24) is 10.1 Å². The molecular weight excluding hydrogens is 142 g/mol. The van der Waals surface area contributed by atoms with E-state index in [2.05, 4.69) is 22.4 Å². The maximum atomic E-state index is 5.05. The van der Waals surface area contributed by atoms with Crippen LogP contribution in [0, 0.1) is 0 Å². The number of nitrogens with zero attached hydrogens (tertiary/aromatic N) is 2. The highest BCUT2D eigenvalue weighted by molar-refractivity contribution is 5.44. The van der Waals surface area contributed by atoms with E-state index in [4.69, 9.17) is 4.52 Å².